The van der Waals surface area contributed by atoms with Crippen LogP contribution in [0.2, 0.25) is 0 Å². The van der Waals surface area contributed by atoms with Crippen LogP contribution in [0.25, 0.3) is 20.9 Å². The van der Waals surface area contributed by atoms with E-state index in [4.69, 9.17) is 0 Å². The first-order valence-electron chi connectivity index (χ1n) is 8.35. The van der Waals surface area contributed by atoms with Crippen molar-refractivity contribution in [1.82, 2.24) is 0 Å². The summed E-state index contributed by atoms with van der Waals surface area (Å²) in [5.74, 6) is 1.17. The third-order valence-corrected chi connectivity index (χ3v) is 5.51. The van der Waals surface area contributed by atoms with Crippen LogP contribution in [-0.2, 0) is 0 Å². The first-order valence-corrected chi connectivity index (χ1v) is 9.16. The summed E-state index contributed by atoms with van der Waals surface area (Å²) in [6, 6.07) is 22.4. The van der Waals surface area contributed by atoms with Crippen molar-refractivity contribution in [3.8, 4) is 20.9 Å². The molecule has 0 fully saturated rings. The van der Waals surface area contributed by atoms with Crippen LogP contribution < -0.4 is 0 Å². The van der Waals surface area contributed by atoms with Crippen LogP contribution >= 0.6 is 11.3 Å². The molecule has 1 heteroatoms. The van der Waals surface area contributed by atoms with Gasteiger partial charge in [0.2, 0.25) is 0 Å². The van der Waals surface area contributed by atoms with Crippen LogP contribution in [0.15, 0.2) is 60.7 Å². The molecule has 0 unspecified atom stereocenters. The summed E-state index contributed by atoms with van der Waals surface area (Å²) in [5, 5.41) is 0. The van der Waals surface area contributed by atoms with Crippen LogP contribution in [0, 0.1) is 0 Å². The minimum absolute atomic E-state index is 0.586. The summed E-state index contributed by atoms with van der Waals surface area (Å²) in [6.07, 6.45) is 0. The maximum atomic E-state index is 2.25. The second-order valence-corrected chi connectivity index (χ2v) is 7.80. The lowest BCUT2D eigenvalue weighted by Gasteiger charge is -2.06. The molecule has 0 amide bonds. The lowest BCUT2D eigenvalue weighted by Crippen LogP contribution is -1.85. The molecule has 0 nitrogen and oxygen atoms in total. The summed E-state index contributed by atoms with van der Waals surface area (Å²) in [6.45, 7) is 8.94. The zero-order valence-corrected chi connectivity index (χ0v) is 15.2. The monoisotopic (exact) mass is 320 g/mol. The van der Waals surface area contributed by atoms with Gasteiger partial charge in [0.1, 0.15) is 0 Å². The standard InChI is InChI=1S/C22H24S/c1-15(2)17-5-9-19(10-6-17)21-13-14-22(23-21)20-11-7-18(8-12-20)16(3)4/h5-16H,1-4H3. The average Bonchev–Trinajstić information content (AvgIpc) is 3.05. The van der Waals surface area contributed by atoms with Gasteiger partial charge in [0, 0.05) is 9.75 Å². The van der Waals surface area contributed by atoms with E-state index in [-0.39, 0.29) is 0 Å². The van der Waals surface area contributed by atoms with Crippen LogP contribution in [0.5, 0.6) is 0 Å². The van der Waals surface area contributed by atoms with E-state index in [2.05, 4.69) is 88.4 Å². The minimum atomic E-state index is 0.586. The van der Waals surface area contributed by atoms with E-state index in [0.29, 0.717) is 11.8 Å². The fraction of sp³-hybridized carbons (Fsp3) is 0.273. The Morgan fingerprint density at radius 3 is 1.17 bits per heavy atom. The molecule has 118 valence electrons. The highest BCUT2D eigenvalue weighted by Gasteiger charge is 2.07. The Morgan fingerprint density at radius 2 is 0.870 bits per heavy atom. The van der Waals surface area contributed by atoms with E-state index in [1.165, 1.54) is 32.0 Å². The maximum absolute atomic E-state index is 2.25. The summed E-state index contributed by atoms with van der Waals surface area (Å²) in [4.78, 5) is 2.67. The van der Waals surface area contributed by atoms with Crippen LogP contribution in [0.4, 0.5) is 0 Å². The molecule has 0 saturated carbocycles. The first-order chi connectivity index (χ1) is 11.0. The molecular weight excluding hydrogens is 296 g/mol. The van der Waals surface area contributed by atoms with Crippen molar-refractivity contribution in [3.63, 3.8) is 0 Å². The van der Waals surface area contributed by atoms with Crippen LogP contribution in [0.3, 0.4) is 0 Å². The van der Waals surface area contributed by atoms with E-state index >= 15 is 0 Å². The minimum Gasteiger partial charge on any atom is -0.135 e. The fourth-order valence-electron chi connectivity index (χ4n) is 2.71. The van der Waals surface area contributed by atoms with Crippen molar-refractivity contribution in [3.05, 3.63) is 71.8 Å². The van der Waals surface area contributed by atoms with Gasteiger partial charge in [-0.2, -0.15) is 0 Å². The molecule has 0 aliphatic heterocycles. The molecule has 0 bridgehead atoms. The summed E-state index contributed by atoms with van der Waals surface area (Å²) in [5.41, 5.74) is 5.42. The topological polar surface area (TPSA) is 0 Å². The van der Waals surface area contributed by atoms with E-state index in [0.717, 1.165) is 0 Å². The summed E-state index contributed by atoms with van der Waals surface area (Å²) >= 11 is 1.87. The van der Waals surface area contributed by atoms with Gasteiger partial charge >= 0.3 is 0 Å². The van der Waals surface area contributed by atoms with Crippen molar-refractivity contribution in [2.45, 2.75) is 39.5 Å². The normalized spacial score (nSPS) is 11.4. The molecule has 0 atom stereocenters. The quantitative estimate of drug-likeness (QED) is 0.472. The van der Waals surface area contributed by atoms with Gasteiger partial charge in [-0.15, -0.1) is 11.3 Å². The van der Waals surface area contributed by atoms with E-state index in [1.54, 1.807) is 0 Å². The molecule has 3 aromatic rings. The Hall–Kier alpha value is -1.86. The molecule has 1 heterocycles. The molecule has 0 aliphatic carbocycles. The van der Waals surface area contributed by atoms with E-state index in [9.17, 15) is 0 Å². The van der Waals surface area contributed by atoms with Crippen LogP contribution in [-0.4, -0.2) is 0 Å². The third-order valence-electron chi connectivity index (χ3n) is 4.33. The van der Waals surface area contributed by atoms with Gasteiger partial charge in [-0.3, -0.25) is 0 Å². The molecular formula is C22H24S. The van der Waals surface area contributed by atoms with E-state index < -0.39 is 0 Å². The smallest absolute Gasteiger partial charge is 0.0349 e. The van der Waals surface area contributed by atoms with E-state index in [1.807, 2.05) is 11.3 Å². The van der Waals surface area contributed by atoms with Gasteiger partial charge in [0.05, 0.1) is 0 Å². The Kier molecular flexibility index (Phi) is 4.68. The van der Waals surface area contributed by atoms with Crippen LogP contribution in [0.1, 0.15) is 50.7 Å². The summed E-state index contributed by atoms with van der Waals surface area (Å²) in [7, 11) is 0. The van der Waals surface area contributed by atoms with Gasteiger partial charge in [-0.25, -0.2) is 0 Å². The molecule has 0 N–H and O–H groups in total. The SMILES string of the molecule is CC(C)c1ccc(-c2ccc(-c3ccc(C(C)C)cc3)s2)cc1. The van der Waals surface area contributed by atoms with Gasteiger partial charge in [0.25, 0.3) is 0 Å². The summed E-state index contributed by atoms with van der Waals surface area (Å²) < 4.78 is 0. The molecule has 23 heavy (non-hydrogen) atoms. The number of hydrogen-bond donors (Lipinski definition) is 0. The Morgan fingerprint density at radius 1 is 0.522 bits per heavy atom. The number of hydrogen-bond acceptors (Lipinski definition) is 1. The Labute approximate surface area is 143 Å². The zero-order chi connectivity index (χ0) is 16.4. The van der Waals surface area contributed by atoms with Crippen molar-refractivity contribution in [2.24, 2.45) is 0 Å². The third kappa shape index (κ3) is 3.56. The molecule has 1 aromatic heterocycles. The highest BCUT2D eigenvalue weighted by atomic mass is 32.1. The second-order valence-electron chi connectivity index (χ2n) is 6.72. The van der Waals surface area contributed by atoms with Crippen molar-refractivity contribution in [1.29, 1.82) is 0 Å². The lowest BCUT2D eigenvalue weighted by molar-refractivity contribution is 0.867. The van der Waals surface area contributed by atoms with Gasteiger partial charge in [0.15, 0.2) is 0 Å². The van der Waals surface area contributed by atoms with Crippen molar-refractivity contribution < 1.29 is 0 Å². The molecule has 3 rings (SSSR count). The molecule has 2 aromatic carbocycles. The number of thiophene rings is 1. The molecule has 0 spiro atoms. The zero-order valence-electron chi connectivity index (χ0n) is 14.3. The lowest BCUT2D eigenvalue weighted by atomic mass is 10.0. The van der Waals surface area contributed by atoms with Crippen molar-refractivity contribution >= 4 is 11.3 Å². The Balaban J connectivity index is 1.85. The average molecular weight is 321 g/mol. The van der Waals surface area contributed by atoms with Gasteiger partial charge in [-0.05, 0) is 46.2 Å². The maximum Gasteiger partial charge on any atom is 0.0349 e. The predicted octanol–water partition coefficient (Wildman–Crippen LogP) is 7.33. The van der Waals surface area contributed by atoms with Crippen molar-refractivity contribution in [2.75, 3.05) is 0 Å². The molecule has 0 aliphatic rings. The number of rotatable bonds is 4. The molecule has 0 radical (unpaired) electrons. The fourth-order valence-corrected chi connectivity index (χ4v) is 3.73. The number of benzene rings is 2. The Bertz CT molecular complexity index is 692. The highest BCUT2D eigenvalue weighted by Crippen LogP contribution is 2.35. The second kappa shape index (κ2) is 6.72. The first kappa shape index (κ1) is 16.0. The highest BCUT2D eigenvalue weighted by molar-refractivity contribution is 7.18. The molecule has 0 saturated heterocycles. The largest absolute Gasteiger partial charge is 0.135 e. The van der Waals surface area contributed by atoms with Gasteiger partial charge < -0.3 is 0 Å². The predicted molar refractivity (Wildman–Crippen MR) is 103 cm³/mol. The van der Waals surface area contributed by atoms with Gasteiger partial charge in [-0.1, -0.05) is 76.2 Å².